The van der Waals surface area contributed by atoms with Crippen LogP contribution in [-0.2, 0) is 4.79 Å². The summed E-state index contributed by atoms with van der Waals surface area (Å²) < 4.78 is 0. The van der Waals surface area contributed by atoms with Crippen LogP contribution in [0.4, 0.5) is 11.4 Å². The van der Waals surface area contributed by atoms with Crippen molar-refractivity contribution in [2.45, 2.75) is 18.4 Å². The maximum atomic E-state index is 12.1. The summed E-state index contributed by atoms with van der Waals surface area (Å²) in [5.74, 6) is 0.171. The molecule has 3 rings (SSSR count). The molecule has 1 heterocycles. The first-order valence-corrected chi connectivity index (χ1v) is 8.60. The third-order valence-corrected chi connectivity index (χ3v) is 4.69. The van der Waals surface area contributed by atoms with E-state index in [9.17, 15) is 14.9 Å². The number of amides is 1. The first kappa shape index (κ1) is 20.8. The Morgan fingerprint density at radius 3 is 2.44 bits per heavy atom. The number of nitro groups is 1. The maximum Gasteiger partial charge on any atom is 0.269 e. The van der Waals surface area contributed by atoms with E-state index in [4.69, 9.17) is 5.73 Å². The van der Waals surface area contributed by atoms with Crippen molar-refractivity contribution in [3.8, 4) is 0 Å². The molecule has 0 saturated carbocycles. The van der Waals surface area contributed by atoms with Gasteiger partial charge in [-0.2, -0.15) is 0 Å². The molecule has 0 bridgehead atoms. The molecule has 0 unspecified atom stereocenters. The van der Waals surface area contributed by atoms with Gasteiger partial charge in [0.25, 0.3) is 5.69 Å². The summed E-state index contributed by atoms with van der Waals surface area (Å²) in [5.41, 5.74) is 8.06. The largest absolute Gasteiger partial charge is 0.326 e. The van der Waals surface area contributed by atoms with Crippen LogP contribution in [0.2, 0.25) is 0 Å². The van der Waals surface area contributed by atoms with Gasteiger partial charge in [0.15, 0.2) is 0 Å². The van der Waals surface area contributed by atoms with Crippen LogP contribution < -0.4 is 11.1 Å². The third-order valence-electron chi connectivity index (χ3n) is 4.69. The molecule has 3 N–H and O–H groups in total. The summed E-state index contributed by atoms with van der Waals surface area (Å²) in [6.45, 7) is 2.25. The number of nitrogens with zero attached hydrogens (tertiary/aromatic N) is 2. The normalized spacial score (nSPS) is 19.3. The van der Waals surface area contributed by atoms with Gasteiger partial charge in [-0.05, 0) is 17.7 Å². The van der Waals surface area contributed by atoms with Crippen LogP contribution in [0.25, 0.3) is 0 Å². The number of non-ortho nitro benzene ring substituents is 1. The lowest BCUT2D eigenvalue weighted by Gasteiger charge is -2.16. The first-order valence-electron chi connectivity index (χ1n) is 8.60. The number of nitrogens with one attached hydrogen (secondary N) is 1. The summed E-state index contributed by atoms with van der Waals surface area (Å²) >= 11 is 0. The van der Waals surface area contributed by atoms with E-state index >= 15 is 0 Å². The van der Waals surface area contributed by atoms with Crippen LogP contribution in [-0.4, -0.2) is 41.4 Å². The molecule has 1 amide bonds. The molecule has 0 aliphatic carbocycles. The molecule has 2 aromatic rings. The predicted molar refractivity (Wildman–Crippen MR) is 107 cm³/mol. The standard InChI is InChI=1S/C19H22N4O3.ClH/c20-18-13-22(12-17(18)14-4-2-1-3-5-14)11-10-19(24)21-15-6-8-16(9-7-15)23(25)26;/h1-9,17-18H,10-13,20H2,(H,21,24);1H/t17-,18+;/m0./s1. The molecule has 0 aromatic heterocycles. The van der Waals surface area contributed by atoms with Gasteiger partial charge in [0, 0.05) is 55.8 Å². The molecule has 8 heteroatoms. The molecule has 2 aromatic carbocycles. The van der Waals surface area contributed by atoms with Crippen molar-refractivity contribution in [2.24, 2.45) is 5.73 Å². The Balaban J connectivity index is 0.00000261. The molecule has 1 aliphatic heterocycles. The summed E-state index contributed by atoms with van der Waals surface area (Å²) in [7, 11) is 0. The Kier molecular flexibility index (Phi) is 7.29. The highest BCUT2D eigenvalue weighted by Gasteiger charge is 2.31. The van der Waals surface area contributed by atoms with Gasteiger partial charge in [0.2, 0.25) is 5.91 Å². The van der Waals surface area contributed by atoms with Gasteiger partial charge in [-0.15, -0.1) is 12.4 Å². The van der Waals surface area contributed by atoms with E-state index in [1.54, 1.807) is 0 Å². The van der Waals surface area contributed by atoms with Crippen molar-refractivity contribution in [1.82, 2.24) is 4.90 Å². The molecule has 2 atom stereocenters. The summed E-state index contributed by atoms with van der Waals surface area (Å²) in [5, 5.41) is 13.4. The molecule has 1 saturated heterocycles. The van der Waals surface area contributed by atoms with E-state index in [-0.39, 0.29) is 36.0 Å². The Hall–Kier alpha value is -2.48. The van der Waals surface area contributed by atoms with Gasteiger partial charge >= 0.3 is 0 Å². The number of halogens is 1. The van der Waals surface area contributed by atoms with Gasteiger partial charge in [-0.3, -0.25) is 14.9 Å². The van der Waals surface area contributed by atoms with E-state index in [0.29, 0.717) is 18.7 Å². The van der Waals surface area contributed by atoms with Crippen LogP contribution >= 0.6 is 12.4 Å². The minimum Gasteiger partial charge on any atom is -0.326 e. The van der Waals surface area contributed by atoms with Crippen LogP contribution in [0.3, 0.4) is 0 Å². The van der Waals surface area contributed by atoms with E-state index < -0.39 is 4.92 Å². The molecule has 0 radical (unpaired) electrons. The number of anilines is 1. The van der Waals surface area contributed by atoms with Crippen molar-refractivity contribution in [3.05, 3.63) is 70.3 Å². The zero-order valence-corrected chi connectivity index (χ0v) is 15.6. The monoisotopic (exact) mass is 390 g/mol. The molecule has 144 valence electrons. The topological polar surface area (TPSA) is 102 Å². The highest BCUT2D eigenvalue weighted by Crippen LogP contribution is 2.26. The molecule has 7 nitrogen and oxygen atoms in total. The second-order valence-corrected chi connectivity index (χ2v) is 6.54. The second kappa shape index (κ2) is 9.45. The Morgan fingerprint density at radius 1 is 1.15 bits per heavy atom. The number of carbonyl (C=O) groups excluding carboxylic acids is 1. The molecular weight excluding hydrogens is 368 g/mol. The van der Waals surface area contributed by atoms with Gasteiger partial charge in [0.1, 0.15) is 0 Å². The maximum absolute atomic E-state index is 12.1. The van der Waals surface area contributed by atoms with Crippen molar-refractivity contribution < 1.29 is 9.72 Å². The van der Waals surface area contributed by atoms with Gasteiger partial charge in [-0.1, -0.05) is 30.3 Å². The lowest BCUT2D eigenvalue weighted by molar-refractivity contribution is -0.384. The quantitative estimate of drug-likeness (QED) is 0.583. The smallest absolute Gasteiger partial charge is 0.269 e. The van der Waals surface area contributed by atoms with E-state index in [2.05, 4.69) is 22.3 Å². The Bertz CT molecular complexity index is 770. The number of likely N-dealkylation sites (tertiary alicyclic amines) is 1. The zero-order chi connectivity index (χ0) is 18.5. The second-order valence-electron chi connectivity index (χ2n) is 6.54. The number of benzene rings is 2. The van der Waals surface area contributed by atoms with Crippen molar-refractivity contribution in [1.29, 1.82) is 0 Å². The summed E-state index contributed by atoms with van der Waals surface area (Å²) in [6, 6.07) is 16.1. The third kappa shape index (κ3) is 5.50. The first-order chi connectivity index (χ1) is 12.5. The van der Waals surface area contributed by atoms with Crippen molar-refractivity contribution in [2.75, 3.05) is 25.0 Å². The molecular formula is C19H23ClN4O3. The van der Waals surface area contributed by atoms with Crippen LogP contribution in [0.1, 0.15) is 17.9 Å². The van der Waals surface area contributed by atoms with E-state index in [1.165, 1.54) is 29.8 Å². The lowest BCUT2D eigenvalue weighted by Crippen LogP contribution is -2.30. The molecule has 1 fully saturated rings. The number of rotatable bonds is 6. The lowest BCUT2D eigenvalue weighted by atomic mass is 9.95. The molecule has 1 aliphatic rings. The fourth-order valence-corrected chi connectivity index (χ4v) is 3.30. The zero-order valence-electron chi connectivity index (χ0n) is 14.8. The number of hydrogen-bond donors (Lipinski definition) is 2. The summed E-state index contributed by atoms with van der Waals surface area (Å²) in [6.07, 6.45) is 0.352. The molecule has 27 heavy (non-hydrogen) atoms. The van der Waals surface area contributed by atoms with E-state index in [1.807, 2.05) is 18.2 Å². The minimum atomic E-state index is -0.467. The number of nitrogens with two attached hydrogens (primary N) is 1. The van der Waals surface area contributed by atoms with Gasteiger partial charge in [-0.25, -0.2) is 0 Å². The fourth-order valence-electron chi connectivity index (χ4n) is 3.30. The number of carbonyl (C=O) groups is 1. The van der Waals surface area contributed by atoms with Crippen LogP contribution in [0.5, 0.6) is 0 Å². The van der Waals surface area contributed by atoms with Crippen LogP contribution in [0, 0.1) is 10.1 Å². The Morgan fingerprint density at radius 2 is 1.81 bits per heavy atom. The summed E-state index contributed by atoms with van der Waals surface area (Å²) in [4.78, 5) is 24.5. The highest BCUT2D eigenvalue weighted by molar-refractivity contribution is 5.90. The Labute approximate surface area is 164 Å². The van der Waals surface area contributed by atoms with Crippen molar-refractivity contribution in [3.63, 3.8) is 0 Å². The minimum absolute atomic E-state index is 0. The molecule has 0 spiro atoms. The highest BCUT2D eigenvalue weighted by atomic mass is 35.5. The average Bonchev–Trinajstić information content (AvgIpc) is 3.02. The van der Waals surface area contributed by atoms with Crippen molar-refractivity contribution >= 4 is 29.7 Å². The number of nitro benzene ring substituents is 1. The van der Waals surface area contributed by atoms with E-state index in [0.717, 1.165) is 13.1 Å². The van der Waals surface area contributed by atoms with Crippen LogP contribution in [0.15, 0.2) is 54.6 Å². The predicted octanol–water partition coefficient (Wildman–Crippen LogP) is 2.77. The average molecular weight is 391 g/mol. The SMILES string of the molecule is Cl.N[C@@H]1CN(CCC(=O)Nc2ccc([N+](=O)[O-])cc2)C[C@H]1c1ccccc1. The fraction of sp³-hybridized carbons (Fsp3) is 0.316. The van der Waals surface area contributed by atoms with Gasteiger partial charge in [0.05, 0.1) is 4.92 Å². The number of hydrogen-bond acceptors (Lipinski definition) is 5. The van der Waals surface area contributed by atoms with Gasteiger partial charge < -0.3 is 16.0 Å².